The van der Waals surface area contributed by atoms with E-state index in [1.165, 1.54) is 0 Å². The van der Waals surface area contributed by atoms with Crippen LogP contribution in [0.2, 0.25) is 0 Å². The van der Waals surface area contributed by atoms with Gasteiger partial charge in [-0.2, -0.15) is 0 Å². The molecule has 0 spiro atoms. The summed E-state index contributed by atoms with van der Waals surface area (Å²) in [6, 6.07) is 10.0. The smallest absolute Gasteiger partial charge is 0.0461 e. The van der Waals surface area contributed by atoms with E-state index in [1.54, 1.807) is 24.3 Å². The average Bonchev–Trinajstić information content (AvgIpc) is 2.46. The van der Waals surface area contributed by atoms with Crippen LogP contribution in [0.25, 0.3) is 0 Å². The Balaban J connectivity index is 3.41. The molecule has 0 N–H and O–H groups in total. The zero-order valence-electron chi connectivity index (χ0n) is 11.1. The highest BCUT2D eigenvalue weighted by Gasteiger charge is 2.11. The van der Waals surface area contributed by atoms with Crippen molar-refractivity contribution in [2.24, 2.45) is 0 Å². The van der Waals surface area contributed by atoms with E-state index in [4.69, 9.17) is 0 Å². The van der Waals surface area contributed by atoms with Gasteiger partial charge < -0.3 is 4.90 Å². The minimum Gasteiger partial charge on any atom is -0.311 e. The fraction of sp³-hybridized carbons (Fsp3) is 0. The summed E-state index contributed by atoms with van der Waals surface area (Å²) < 4.78 is 0. The molecule has 0 radical (unpaired) electrons. The molecule has 0 saturated heterocycles. The molecule has 1 rings (SSSR count). The van der Waals surface area contributed by atoms with Gasteiger partial charge in [-0.15, -0.1) is 0 Å². The second kappa shape index (κ2) is 7.72. The molecule has 0 fully saturated rings. The Hall–Kier alpha value is -2.54. The van der Waals surface area contributed by atoms with E-state index < -0.39 is 0 Å². The number of para-hydroxylation sites is 1. The molecule has 19 heavy (non-hydrogen) atoms. The second-order valence-electron chi connectivity index (χ2n) is 3.73. The number of hydrogen-bond acceptors (Lipinski definition) is 1. The van der Waals surface area contributed by atoms with Gasteiger partial charge in [0.15, 0.2) is 0 Å². The first kappa shape index (κ1) is 14.5. The van der Waals surface area contributed by atoms with Crippen molar-refractivity contribution in [2.45, 2.75) is 0 Å². The molecule has 0 aliphatic rings. The Morgan fingerprint density at radius 3 is 1.63 bits per heavy atom. The summed E-state index contributed by atoms with van der Waals surface area (Å²) in [5.41, 5.74) is 2.88. The van der Waals surface area contributed by atoms with Gasteiger partial charge in [-0.25, -0.2) is 0 Å². The van der Waals surface area contributed by atoms with Crippen molar-refractivity contribution in [1.29, 1.82) is 0 Å². The van der Waals surface area contributed by atoms with Crippen LogP contribution in [0.4, 0.5) is 5.69 Å². The van der Waals surface area contributed by atoms with E-state index in [-0.39, 0.29) is 0 Å². The zero-order valence-corrected chi connectivity index (χ0v) is 11.1. The molecule has 0 aliphatic heterocycles. The summed E-state index contributed by atoms with van der Waals surface area (Å²) in [6.07, 6.45) is 10.9. The molecule has 0 bridgehead atoms. The summed E-state index contributed by atoms with van der Waals surface area (Å²) >= 11 is 0. The molecule has 0 aliphatic carbocycles. The van der Waals surface area contributed by atoms with Gasteiger partial charge in [0.2, 0.25) is 0 Å². The quantitative estimate of drug-likeness (QED) is 0.614. The van der Waals surface area contributed by atoms with E-state index in [0.29, 0.717) is 0 Å². The first-order valence-corrected chi connectivity index (χ1v) is 6.04. The van der Waals surface area contributed by atoms with Crippen molar-refractivity contribution in [1.82, 2.24) is 0 Å². The SMILES string of the molecule is C=C/C=C(\C=C)N(/C(C=C)=C/C=C)c1ccccc1. The predicted molar refractivity (Wildman–Crippen MR) is 85.9 cm³/mol. The molecule has 1 aromatic carbocycles. The maximum atomic E-state index is 3.86. The van der Waals surface area contributed by atoms with Gasteiger partial charge in [-0.05, 0) is 36.4 Å². The molecule has 0 aromatic heterocycles. The van der Waals surface area contributed by atoms with E-state index >= 15 is 0 Å². The highest BCUT2D eigenvalue weighted by molar-refractivity contribution is 5.63. The van der Waals surface area contributed by atoms with Gasteiger partial charge in [-0.3, -0.25) is 0 Å². The lowest BCUT2D eigenvalue weighted by Gasteiger charge is -2.26. The minimum absolute atomic E-state index is 0.925. The van der Waals surface area contributed by atoms with Crippen molar-refractivity contribution >= 4 is 5.69 Å². The monoisotopic (exact) mass is 249 g/mol. The van der Waals surface area contributed by atoms with Crippen molar-refractivity contribution in [2.75, 3.05) is 4.90 Å². The van der Waals surface area contributed by atoms with Crippen LogP contribution in [-0.4, -0.2) is 0 Å². The molecular weight excluding hydrogens is 230 g/mol. The summed E-state index contributed by atoms with van der Waals surface area (Å²) in [5, 5.41) is 0. The van der Waals surface area contributed by atoms with Crippen molar-refractivity contribution in [3.8, 4) is 0 Å². The van der Waals surface area contributed by atoms with Crippen LogP contribution >= 0.6 is 0 Å². The number of allylic oxidation sites excluding steroid dienone is 6. The van der Waals surface area contributed by atoms with Gasteiger partial charge in [0.25, 0.3) is 0 Å². The van der Waals surface area contributed by atoms with Crippen LogP contribution in [0.5, 0.6) is 0 Å². The summed E-state index contributed by atoms with van der Waals surface area (Å²) in [7, 11) is 0. The van der Waals surface area contributed by atoms with Crippen LogP contribution in [0, 0.1) is 0 Å². The molecule has 1 heteroatoms. The van der Waals surface area contributed by atoms with Crippen molar-refractivity contribution in [3.05, 3.63) is 104 Å². The molecule has 0 amide bonds. The normalized spacial score (nSPS) is 11.6. The van der Waals surface area contributed by atoms with Gasteiger partial charge >= 0.3 is 0 Å². The van der Waals surface area contributed by atoms with Crippen molar-refractivity contribution in [3.63, 3.8) is 0 Å². The number of hydrogen-bond donors (Lipinski definition) is 0. The Labute approximate surface area is 115 Å². The van der Waals surface area contributed by atoms with Gasteiger partial charge in [0, 0.05) is 17.1 Å². The van der Waals surface area contributed by atoms with Crippen LogP contribution < -0.4 is 4.90 Å². The van der Waals surface area contributed by atoms with Crippen LogP contribution in [0.3, 0.4) is 0 Å². The fourth-order valence-electron chi connectivity index (χ4n) is 1.73. The number of nitrogens with zero attached hydrogens (tertiary/aromatic N) is 1. The molecule has 0 unspecified atom stereocenters. The zero-order chi connectivity index (χ0) is 14.1. The molecule has 0 saturated carbocycles. The third kappa shape index (κ3) is 3.71. The highest BCUT2D eigenvalue weighted by atomic mass is 15.1. The van der Waals surface area contributed by atoms with Gasteiger partial charge in [-0.1, -0.05) is 56.7 Å². The molecular formula is C18H19N. The Morgan fingerprint density at radius 2 is 1.26 bits per heavy atom. The molecule has 1 nitrogen and oxygen atoms in total. The maximum Gasteiger partial charge on any atom is 0.0461 e. The lowest BCUT2D eigenvalue weighted by atomic mass is 10.2. The third-order valence-corrected chi connectivity index (χ3v) is 2.53. The van der Waals surface area contributed by atoms with Crippen LogP contribution in [0.1, 0.15) is 0 Å². The van der Waals surface area contributed by atoms with Crippen LogP contribution in [-0.2, 0) is 0 Å². The van der Waals surface area contributed by atoms with E-state index in [0.717, 1.165) is 17.1 Å². The summed E-state index contributed by atoms with van der Waals surface area (Å²) in [6.45, 7) is 15.2. The first-order valence-electron chi connectivity index (χ1n) is 6.04. The molecule has 1 aromatic rings. The highest BCUT2D eigenvalue weighted by Crippen LogP contribution is 2.25. The number of rotatable bonds is 7. The second-order valence-corrected chi connectivity index (χ2v) is 3.73. The molecule has 96 valence electrons. The lowest BCUT2D eigenvalue weighted by Crippen LogP contribution is -2.19. The number of benzene rings is 1. The van der Waals surface area contributed by atoms with E-state index in [9.17, 15) is 0 Å². The maximum absolute atomic E-state index is 3.86. The minimum atomic E-state index is 0.925. The largest absolute Gasteiger partial charge is 0.311 e. The molecule has 0 heterocycles. The van der Waals surface area contributed by atoms with E-state index in [1.807, 2.05) is 47.4 Å². The fourth-order valence-corrected chi connectivity index (χ4v) is 1.73. The van der Waals surface area contributed by atoms with Gasteiger partial charge in [0.1, 0.15) is 0 Å². The summed E-state index contributed by atoms with van der Waals surface area (Å²) in [4.78, 5) is 2.04. The van der Waals surface area contributed by atoms with Crippen molar-refractivity contribution < 1.29 is 0 Å². The van der Waals surface area contributed by atoms with E-state index in [2.05, 4.69) is 26.3 Å². The topological polar surface area (TPSA) is 3.24 Å². The Morgan fingerprint density at radius 1 is 0.789 bits per heavy atom. The Kier molecular flexibility index (Phi) is 5.90. The van der Waals surface area contributed by atoms with Crippen LogP contribution in [0.15, 0.2) is 104 Å². The predicted octanol–water partition coefficient (Wildman–Crippen LogP) is 5.00. The van der Waals surface area contributed by atoms with Gasteiger partial charge in [0.05, 0.1) is 0 Å². The third-order valence-electron chi connectivity index (χ3n) is 2.53. The first-order chi connectivity index (χ1) is 9.28. The Bertz CT molecular complexity index is 488. The average molecular weight is 249 g/mol. The summed E-state index contributed by atoms with van der Waals surface area (Å²) in [5.74, 6) is 0. The number of anilines is 1. The molecule has 0 atom stereocenters. The lowest BCUT2D eigenvalue weighted by molar-refractivity contribution is 1.14. The standard InChI is InChI=1S/C18H19N/c1-5-12-16(7-3)19(17(8-4)13-6-2)18-14-10-9-11-15-18/h5-15H,1-4H2/b16-12+,17-13+.